The Kier molecular flexibility index (Phi) is 5.18. The number of nitrogens with one attached hydrogen (secondary N) is 2. The second-order valence-electron chi connectivity index (χ2n) is 8.82. The summed E-state index contributed by atoms with van der Waals surface area (Å²) in [6.45, 7) is 4.36. The van der Waals surface area contributed by atoms with Gasteiger partial charge >= 0.3 is 6.18 Å². The van der Waals surface area contributed by atoms with Crippen molar-refractivity contribution in [2.45, 2.75) is 62.6 Å². The second kappa shape index (κ2) is 6.87. The molecule has 0 spiro atoms. The highest BCUT2D eigenvalue weighted by Crippen LogP contribution is 2.54. The average molecular weight is 434 g/mol. The van der Waals surface area contributed by atoms with Crippen LogP contribution in [0.2, 0.25) is 0 Å². The van der Waals surface area contributed by atoms with Gasteiger partial charge in [0.25, 0.3) is 5.91 Å². The number of sulfonamides is 1. The number of ether oxygens (including phenoxy) is 1. The molecule has 4 rings (SSSR count). The third-order valence-electron chi connectivity index (χ3n) is 5.82. The van der Waals surface area contributed by atoms with Crippen molar-refractivity contribution in [3.05, 3.63) is 29.3 Å². The number of rotatable bonds is 5. The lowest BCUT2D eigenvalue weighted by atomic mass is 9.79. The maximum Gasteiger partial charge on any atom is 0.416 e. The summed E-state index contributed by atoms with van der Waals surface area (Å²) in [6.07, 6.45) is -2.49. The summed E-state index contributed by atoms with van der Waals surface area (Å²) in [7, 11) is -2.33. The molecule has 10 heteroatoms. The lowest BCUT2D eigenvalue weighted by molar-refractivity contribution is -0.137. The molecule has 3 aliphatic carbocycles. The fourth-order valence-corrected chi connectivity index (χ4v) is 4.65. The summed E-state index contributed by atoms with van der Waals surface area (Å²) in [5, 5.41) is 2.77. The SMILES string of the molecule is COC12CC(C1)C(NC(=O)c1cc(C(F)(F)F)ccc1NS(=O)(=O)C(C)(C)C)C2. The van der Waals surface area contributed by atoms with E-state index in [4.69, 9.17) is 4.74 Å². The third-order valence-corrected chi connectivity index (χ3v) is 7.92. The number of carbonyl (C=O) groups is 1. The molecule has 1 amide bonds. The van der Waals surface area contributed by atoms with Gasteiger partial charge in [-0.3, -0.25) is 9.52 Å². The van der Waals surface area contributed by atoms with Gasteiger partial charge in [-0.25, -0.2) is 8.42 Å². The first-order valence-corrected chi connectivity index (χ1v) is 10.8. The molecule has 29 heavy (non-hydrogen) atoms. The molecule has 3 saturated carbocycles. The number of halogens is 3. The van der Waals surface area contributed by atoms with Gasteiger partial charge in [0, 0.05) is 13.2 Å². The minimum atomic E-state index is -4.66. The number of methoxy groups -OCH3 is 1. The number of hydrogen-bond acceptors (Lipinski definition) is 4. The highest BCUT2D eigenvalue weighted by Gasteiger charge is 2.57. The van der Waals surface area contributed by atoms with Crippen molar-refractivity contribution in [1.29, 1.82) is 0 Å². The topological polar surface area (TPSA) is 84.5 Å². The second-order valence-corrected chi connectivity index (χ2v) is 11.3. The van der Waals surface area contributed by atoms with E-state index in [0.29, 0.717) is 12.5 Å². The Morgan fingerprint density at radius 2 is 1.79 bits per heavy atom. The van der Waals surface area contributed by atoms with Gasteiger partial charge in [0.2, 0.25) is 10.0 Å². The molecule has 1 atom stereocenters. The Labute approximate surface area is 168 Å². The van der Waals surface area contributed by atoms with Crippen LogP contribution in [0.5, 0.6) is 0 Å². The van der Waals surface area contributed by atoms with E-state index >= 15 is 0 Å². The molecule has 2 bridgehead atoms. The van der Waals surface area contributed by atoms with E-state index in [9.17, 15) is 26.4 Å². The first-order valence-electron chi connectivity index (χ1n) is 9.27. The molecule has 2 N–H and O–H groups in total. The molecular weight excluding hydrogens is 409 g/mol. The Balaban J connectivity index is 1.91. The van der Waals surface area contributed by atoms with Crippen molar-refractivity contribution in [2.24, 2.45) is 5.92 Å². The van der Waals surface area contributed by atoms with Crippen LogP contribution < -0.4 is 10.0 Å². The van der Waals surface area contributed by atoms with Gasteiger partial charge in [0.1, 0.15) is 0 Å². The van der Waals surface area contributed by atoms with Crippen LogP contribution >= 0.6 is 0 Å². The summed E-state index contributed by atoms with van der Waals surface area (Å²) >= 11 is 0. The zero-order valence-corrected chi connectivity index (χ0v) is 17.5. The van der Waals surface area contributed by atoms with E-state index in [1.165, 1.54) is 20.8 Å². The van der Waals surface area contributed by atoms with Crippen LogP contribution in [0.15, 0.2) is 18.2 Å². The monoisotopic (exact) mass is 434 g/mol. The lowest BCUT2D eigenvalue weighted by Gasteiger charge is -2.36. The first kappa shape index (κ1) is 21.9. The van der Waals surface area contributed by atoms with Crippen LogP contribution in [0.3, 0.4) is 0 Å². The molecule has 0 radical (unpaired) electrons. The summed E-state index contributed by atoms with van der Waals surface area (Å²) < 4.78 is 71.0. The summed E-state index contributed by atoms with van der Waals surface area (Å²) in [6, 6.07) is 2.20. The van der Waals surface area contributed by atoms with Crippen molar-refractivity contribution in [3.63, 3.8) is 0 Å². The number of anilines is 1. The molecule has 0 saturated heterocycles. The van der Waals surface area contributed by atoms with Gasteiger partial charge in [-0.05, 0) is 64.2 Å². The summed E-state index contributed by atoms with van der Waals surface area (Å²) in [5.41, 5.74) is -1.83. The van der Waals surface area contributed by atoms with Crippen LogP contribution in [-0.4, -0.2) is 37.8 Å². The molecule has 1 unspecified atom stereocenters. The molecule has 1 aromatic carbocycles. The largest absolute Gasteiger partial charge is 0.416 e. The van der Waals surface area contributed by atoms with Gasteiger partial charge in [0.15, 0.2) is 0 Å². The van der Waals surface area contributed by atoms with Crippen molar-refractivity contribution >= 4 is 21.6 Å². The zero-order chi connectivity index (χ0) is 21.8. The van der Waals surface area contributed by atoms with Crippen LogP contribution in [-0.2, 0) is 20.9 Å². The van der Waals surface area contributed by atoms with Crippen LogP contribution in [0.25, 0.3) is 0 Å². The quantitative estimate of drug-likeness (QED) is 0.743. The Morgan fingerprint density at radius 1 is 1.17 bits per heavy atom. The average Bonchev–Trinajstić information content (AvgIpc) is 3.06. The Hall–Kier alpha value is -1.81. The molecular formula is C19H25F3N2O4S. The number of carbonyl (C=O) groups excluding carboxylic acids is 1. The van der Waals surface area contributed by atoms with E-state index in [1.807, 2.05) is 0 Å². The van der Waals surface area contributed by atoms with E-state index in [2.05, 4.69) is 10.0 Å². The number of alkyl halides is 3. The predicted molar refractivity (Wildman–Crippen MR) is 102 cm³/mol. The smallest absolute Gasteiger partial charge is 0.378 e. The van der Waals surface area contributed by atoms with Crippen molar-refractivity contribution in [2.75, 3.05) is 11.8 Å². The molecule has 0 aromatic heterocycles. The minimum Gasteiger partial charge on any atom is -0.378 e. The number of amides is 1. The summed E-state index contributed by atoms with van der Waals surface area (Å²) in [4.78, 5) is 12.8. The third kappa shape index (κ3) is 4.09. The molecule has 0 heterocycles. The maximum atomic E-state index is 13.2. The van der Waals surface area contributed by atoms with Gasteiger partial charge in [-0.15, -0.1) is 0 Å². The van der Waals surface area contributed by atoms with Gasteiger partial charge in [-0.1, -0.05) is 0 Å². The van der Waals surface area contributed by atoms with Crippen LogP contribution in [0, 0.1) is 5.92 Å². The first-order chi connectivity index (χ1) is 13.2. The predicted octanol–water partition coefficient (Wildman–Crippen LogP) is 3.54. The lowest BCUT2D eigenvalue weighted by Crippen LogP contribution is -2.40. The van der Waals surface area contributed by atoms with Crippen molar-refractivity contribution < 1.29 is 31.1 Å². The van der Waals surface area contributed by atoms with E-state index in [-0.39, 0.29) is 28.8 Å². The highest BCUT2D eigenvalue weighted by atomic mass is 32.2. The molecule has 6 nitrogen and oxygen atoms in total. The summed E-state index contributed by atoms with van der Waals surface area (Å²) in [5.74, 6) is -0.536. The number of hydrogen-bond donors (Lipinski definition) is 2. The molecule has 3 aliphatic rings. The van der Waals surface area contributed by atoms with Crippen molar-refractivity contribution in [3.8, 4) is 0 Å². The van der Waals surface area contributed by atoms with Crippen LogP contribution in [0.4, 0.5) is 18.9 Å². The highest BCUT2D eigenvalue weighted by molar-refractivity contribution is 7.94. The molecule has 3 fully saturated rings. The van der Waals surface area contributed by atoms with Gasteiger partial charge < -0.3 is 10.1 Å². The maximum absolute atomic E-state index is 13.2. The van der Waals surface area contributed by atoms with Gasteiger partial charge in [0.05, 0.1) is 27.2 Å². The molecule has 162 valence electrons. The number of fused-ring (bicyclic) bond motifs is 1. The fraction of sp³-hybridized carbons (Fsp3) is 0.632. The minimum absolute atomic E-state index is 0.183. The molecule has 1 aromatic rings. The number of benzene rings is 1. The van der Waals surface area contributed by atoms with E-state index < -0.39 is 32.4 Å². The van der Waals surface area contributed by atoms with Gasteiger partial charge in [-0.2, -0.15) is 13.2 Å². The fourth-order valence-electron chi connectivity index (χ4n) is 3.87. The van der Waals surface area contributed by atoms with Crippen molar-refractivity contribution in [1.82, 2.24) is 5.32 Å². The molecule has 0 aliphatic heterocycles. The van der Waals surface area contributed by atoms with E-state index in [0.717, 1.165) is 25.0 Å². The standard InChI is InChI=1S/C19H25F3N2O4S/c1-17(2,3)29(26,27)24-14-6-5-12(19(20,21)22)7-13(14)16(25)23-15-10-18(28-4)8-11(15)9-18/h5-7,11,15,24H,8-10H2,1-4H3,(H,23,25). The zero-order valence-electron chi connectivity index (χ0n) is 16.7. The Bertz CT molecular complexity index is 916. The normalized spacial score (nSPS) is 26.7. The van der Waals surface area contributed by atoms with Crippen LogP contribution in [0.1, 0.15) is 56.0 Å². The van der Waals surface area contributed by atoms with E-state index in [1.54, 1.807) is 7.11 Å². The Morgan fingerprint density at radius 3 is 2.28 bits per heavy atom.